The summed E-state index contributed by atoms with van der Waals surface area (Å²) >= 11 is 0. The van der Waals surface area contributed by atoms with Gasteiger partial charge in [0.1, 0.15) is 0 Å². The van der Waals surface area contributed by atoms with E-state index in [1.807, 2.05) is 6.92 Å². The molecule has 2 atom stereocenters. The third-order valence-electron chi connectivity index (χ3n) is 2.77. The van der Waals surface area contributed by atoms with Gasteiger partial charge < -0.3 is 4.74 Å². The van der Waals surface area contributed by atoms with Gasteiger partial charge in [-0.05, 0) is 19.4 Å². The monoisotopic (exact) mass is 246 g/mol. The van der Waals surface area contributed by atoms with Crippen LogP contribution >= 0.6 is 0 Å². The van der Waals surface area contributed by atoms with Gasteiger partial charge in [0.25, 0.3) is 0 Å². The molecule has 0 aromatic carbocycles. The minimum absolute atomic E-state index is 0.117. The molecular weight excluding hydrogens is 224 g/mol. The van der Waals surface area contributed by atoms with Crippen LogP contribution in [0.2, 0.25) is 0 Å². The summed E-state index contributed by atoms with van der Waals surface area (Å²) in [4.78, 5) is 0. The van der Waals surface area contributed by atoms with Gasteiger partial charge in [-0.25, -0.2) is 8.42 Å². The zero-order valence-corrected chi connectivity index (χ0v) is 11.0. The van der Waals surface area contributed by atoms with E-state index in [1.165, 1.54) is 24.7 Å². The molecule has 0 saturated heterocycles. The average molecular weight is 246 g/mol. The fourth-order valence-corrected chi connectivity index (χ4v) is 3.03. The fourth-order valence-electron chi connectivity index (χ4n) is 1.86. The summed E-state index contributed by atoms with van der Waals surface area (Å²) in [6, 6.07) is 0. The van der Waals surface area contributed by atoms with Crippen molar-refractivity contribution in [3.63, 3.8) is 0 Å². The Morgan fingerprint density at radius 1 is 1.38 bits per heavy atom. The van der Waals surface area contributed by atoms with Crippen LogP contribution in [0, 0.1) is 0 Å². The molecule has 1 aliphatic heterocycles. The van der Waals surface area contributed by atoms with E-state index < -0.39 is 9.84 Å². The zero-order chi connectivity index (χ0) is 12.0. The van der Waals surface area contributed by atoms with Crippen molar-refractivity contribution in [1.29, 1.82) is 0 Å². The summed E-state index contributed by atoms with van der Waals surface area (Å²) in [5.41, 5.74) is 0. The van der Waals surface area contributed by atoms with Gasteiger partial charge in [0.15, 0.2) is 9.84 Å². The Balaban J connectivity index is 2.16. The first-order valence-corrected chi connectivity index (χ1v) is 7.81. The van der Waals surface area contributed by atoms with Gasteiger partial charge in [-0.2, -0.15) is 0 Å². The predicted octanol–water partition coefficient (Wildman–Crippen LogP) is 2.67. The lowest BCUT2D eigenvalue weighted by atomic mass is 10.1. The van der Waals surface area contributed by atoms with E-state index in [-0.39, 0.29) is 18.0 Å². The van der Waals surface area contributed by atoms with Gasteiger partial charge in [0.2, 0.25) is 0 Å². The summed E-state index contributed by atoms with van der Waals surface area (Å²) in [5, 5.41) is 1.27. The molecule has 3 nitrogen and oxygen atoms in total. The van der Waals surface area contributed by atoms with Gasteiger partial charge in [-0.1, -0.05) is 32.6 Å². The standard InChI is InChI=1S/C12H22O3S/c1-3-4-5-6-7-11(2)15-12-8-9-16(13,14)10-12/h8-9,11-12H,3-7,10H2,1-2H3. The molecule has 0 aromatic heterocycles. The molecule has 0 fully saturated rings. The summed E-state index contributed by atoms with van der Waals surface area (Å²) < 4.78 is 28.0. The third kappa shape index (κ3) is 5.12. The largest absolute Gasteiger partial charge is 0.370 e. The number of hydrogen-bond donors (Lipinski definition) is 0. The minimum atomic E-state index is -2.98. The molecule has 1 rings (SSSR count). The normalized spacial score (nSPS) is 24.8. The highest BCUT2D eigenvalue weighted by Gasteiger charge is 2.23. The average Bonchev–Trinajstić information content (AvgIpc) is 2.53. The molecule has 4 heteroatoms. The molecule has 16 heavy (non-hydrogen) atoms. The van der Waals surface area contributed by atoms with Crippen molar-refractivity contribution in [2.24, 2.45) is 0 Å². The molecular formula is C12H22O3S. The molecule has 0 bridgehead atoms. The van der Waals surface area contributed by atoms with Gasteiger partial charge >= 0.3 is 0 Å². The lowest BCUT2D eigenvalue weighted by molar-refractivity contribution is 0.0309. The fraction of sp³-hybridized carbons (Fsp3) is 0.833. The number of hydrogen-bond acceptors (Lipinski definition) is 3. The molecule has 0 saturated carbocycles. The van der Waals surface area contributed by atoms with Crippen LogP contribution < -0.4 is 0 Å². The van der Waals surface area contributed by atoms with Gasteiger partial charge in [0.05, 0.1) is 18.0 Å². The highest BCUT2D eigenvalue weighted by molar-refractivity contribution is 7.94. The molecule has 0 N–H and O–H groups in total. The first-order chi connectivity index (χ1) is 7.53. The number of sulfone groups is 1. The van der Waals surface area contributed by atoms with Gasteiger partial charge in [-0.15, -0.1) is 0 Å². The second kappa shape index (κ2) is 6.40. The van der Waals surface area contributed by atoms with Crippen molar-refractivity contribution >= 4 is 9.84 Å². The van der Waals surface area contributed by atoms with Crippen molar-refractivity contribution in [2.45, 2.75) is 58.2 Å². The maximum Gasteiger partial charge on any atom is 0.174 e. The van der Waals surface area contributed by atoms with Crippen LogP contribution in [-0.2, 0) is 14.6 Å². The molecule has 0 amide bonds. The zero-order valence-electron chi connectivity index (χ0n) is 10.2. The van der Waals surface area contributed by atoms with Crippen molar-refractivity contribution in [2.75, 3.05) is 5.75 Å². The predicted molar refractivity (Wildman–Crippen MR) is 66.0 cm³/mol. The summed E-state index contributed by atoms with van der Waals surface area (Å²) in [7, 11) is -2.98. The van der Waals surface area contributed by atoms with Crippen molar-refractivity contribution in [3.8, 4) is 0 Å². The first kappa shape index (κ1) is 13.7. The molecule has 0 aliphatic carbocycles. The first-order valence-electron chi connectivity index (χ1n) is 6.10. The van der Waals surface area contributed by atoms with Crippen LogP contribution in [-0.4, -0.2) is 26.4 Å². The van der Waals surface area contributed by atoms with E-state index in [0.717, 1.165) is 12.8 Å². The molecule has 0 aromatic rings. The Bertz CT molecular complexity index is 319. The number of ether oxygens (including phenoxy) is 1. The summed E-state index contributed by atoms with van der Waals surface area (Å²) in [5.74, 6) is 0.117. The van der Waals surface area contributed by atoms with E-state index in [4.69, 9.17) is 4.74 Å². The molecule has 94 valence electrons. The molecule has 0 radical (unpaired) electrons. The Morgan fingerprint density at radius 2 is 2.12 bits per heavy atom. The van der Waals surface area contributed by atoms with E-state index in [9.17, 15) is 8.42 Å². The highest BCUT2D eigenvalue weighted by atomic mass is 32.2. The summed E-state index contributed by atoms with van der Waals surface area (Å²) in [6.07, 6.45) is 7.50. The van der Waals surface area contributed by atoms with Crippen molar-refractivity contribution < 1.29 is 13.2 Å². The molecule has 1 heterocycles. The van der Waals surface area contributed by atoms with Crippen LogP contribution in [0.15, 0.2) is 11.5 Å². The van der Waals surface area contributed by atoms with Crippen LogP contribution in [0.25, 0.3) is 0 Å². The van der Waals surface area contributed by atoms with Gasteiger partial charge in [-0.3, -0.25) is 0 Å². The number of rotatable bonds is 7. The lowest BCUT2D eigenvalue weighted by Gasteiger charge is -2.16. The summed E-state index contributed by atoms with van der Waals surface area (Å²) in [6.45, 7) is 4.21. The Kier molecular flexibility index (Phi) is 5.49. The number of unbranched alkanes of at least 4 members (excludes halogenated alkanes) is 3. The highest BCUT2D eigenvalue weighted by Crippen LogP contribution is 2.16. The van der Waals surface area contributed by atoms with Crippen LogP contribution in [0.4, 0.5) is 0 Å². The van der Waals surface area contributed by atoms with E-state index in [1.54, 1.807) is 6.08 Å². The Morgan fingerprint density at radius 3 is 2.69 bits per heavy atom. The maximum atomic E-state index is 11.2. The minimum Gasteiger partial charge on any atom is -0.370 e. The molecule has 0 spiro atoms. The smallest absolute Gasteiger partial charge is 0.174 e. The second-order valence-corrected chi connectivity index (χ2v) is 6.42. The molecule has 2 unspecified atom stereocenters. The van der Waals surface area contributed by atoms with Gasteiger partial charge in [0, 0.05) is 5.41 Å². The topological polar surface area (TPSA) is 43.4 Å². The van der Waals surface area contributed by atoms with Crippen LogP contribution in [0.5, 0.6) is 0 Å². The lowest BCUT2D eigenvalue weighted by Crippen LogP contribution is -2.21. The SMILES string of the molecule is CCCCCCC(C)OC1C=CS(=O)(=O)C1. The maximum absolute atomic E-state index is 11.2. The quantitative estimate of drug-likeness (QED) is 0.649. The van der Waals surface area contributed by atoms with E-state index in [2.05, 4.69) is 6.92 Å². The molecule has 1 aliphatic rings. The van der Waals surface area contributed by atoms with Crippen molar-refractivity contribution in [3.05, 3.63) is 11.5 Å². The third-order valence-corrected chi connectivity index (χ3v) is 4.13. The Hall–Kier alpha value is -0.350. The van der Waals surface area contributed by atoms with Crippen LogP contribution in [0.1, 0.15) is 46.0 Å². The van der Waals surface area contributed by atoms with Crippen LogP contribution in [0.3, 0.4) is 0 Å². The van der Waals surface area contributed by atoms with E-state index in [0.29, 0.717) is 0 Å². The van der Waals surface area contributed by atoms with Crippen molar-refractivity contribution in [1.82, 2.24) is 0 Å². The second-order valence-electron chi connectivity index (χ2n) is 4.49. The van der Waals surface area contributed by atoms with E-state index >= 15 is 0 Å². The Labute approximate surface area is 98.8 Å².